The van der Waals surface area contributed by atoms with Crippen molar-refractivity contribution in [3.05, 3.63) is 28.0 Å². The third-order valence-corrected chi connectivity index (χ3v) is 2.24. The van der Waals surface area contributed by atoms with Crippen LogP contribution < -0.4 is 4.74 Å². The number of benzene rings is 1. The van der Waals surface area contributed by atoms with Gasteiger partial charge in [-0.15, -0.1) is 0 Å². The van der Waals surface area contributed by atoms with E-state index in [2.05, 4.69) is 15.9 Å². The molecule has 0 spiro atoms. The summed E-state index contributed by atoms with van der Waals surface area (Å²) in [6.07, 6.45) is 0. The van der Waals surface area contributed by atoms with Crippen LogP contribution in [0.5, 0.6) is 5.75 Å². The van der Waals surface area contributed by atoms with Gasteiger partial charge in [0.25, 0.3) is 0 Å². The van der Waals surface area contributed by atoms with Crippen LogP contribution in [0.1, 0.15) is 12.5 Å². The molecule has 1 aromatic rings. The first-order chi connectivity index (χ1) is 6.20. The highest BCUT2D eigenvalue weighted by atomic mass is 79.9. The molecule has 0 aliphatic carbocycles. The van der Waals surface area contributed by atoms with E-state index in [4.69, 9.17) is 10.00 Å². The second kappa shape index (κ2) is 4.24. The van der Waals surface area contributed by atoms with Gasteiger partial charge in [0.15, 0.2) is 11.6 Å². The van der Waals surface area contributed by atoms with E-state index in [1.165, 1.54) is 12.1 Å². The molecule has 0 radical (unpaired) electrons. The molecular weight excluding hydrogens is 237 g/mol. The van der Waals surface area contributed by atoms with Gasteiger partial charge in [0.1, 0.15) is 6.07 Å². The number of nitrogens with zero attached hydrogens (tertiary/aromatic N) is 1. The lowest BCUT2D eigenvalue weighted by Gasteiger charge is -2.05. The molecule has 1 rings (SSSR count). The molecule has 1 aromatic carbocycles. The molecule has 2 nitrogen and oxygen atoms in total. The molecule has 0 bridgehead atoms. The Hall–Kier alpha value is -1.08. The van der Waals surface area contributed by atoms with Gasteiger partial charge in [-0.2, -0.15) is 5.26 Å². The smallest absolute Gasteiger partial charge is 0.180 e. The Morgan fingerprint density at radius 2 is 2.31 bits per heavy atom. The van der Waals surface area contributed by atoms with Crippen LogP contribution >= 0.6 is 15.9 Å². The molecule has 0 atom stereocenters. The summed E-state index contributed by atoms with van der Waals surface area (Å²) in [6.45, 7) is 2.17. The van der Waals surface area contributed by atoms with E-state index >= 15 is 0 Å². The monoisotopic (exact) mass is 243 g/mol. The van der Waals surface area contributed by atoms with Gasteiger partial charge in [0.05, 0.1) is 16.6 Å². The van der Waals surface area contributed by atoms with Gasteiger partial charge in [-0.1, -0.05) is 0 Å². The van der Waals surface area contributed by atoms with Crippen LogP contribution in [0, 0.1) is 17.1 Å². The zero-order valence-electron chi connectivity index (χ0n) is 6.97. The lowest BCUT2D eigenvalue weighted by molar-refractivity contribution is 0.320. The van der Waals surface area contributed by atoms with Gasteiger partial charge >= 0.3 is 0 Å². The lowest BCUT2D eigenvalue weighted by Crippen LogP contribution is -1.96. The summed E-state index contributed by atoms with van der Waals surface area (Å²) in [5, 5.41) is 8.58. The van der Waals surface area contributed by atoms with Crippen molar-refractivity contribution in [2.45, 2.75) is 6.92 Å². The zero-order valence-corrected chi connectivity index (χ0v) is 8.56. The molecule has 0 amide bonds. The first-order valence-electron chi connectivity index (χ1n) is 3.71. The number of hydrogen-bond donors (Lipinski definition) is 0. The van der Waals surface area contributed by atoms with E-state index < -0.39 is 5.82 Å². The Labute approximate surface area is 84.1 Å². The van der Waals surface area contributed by atoms with Crippen molar-refractivity contribution in [2.24, 2.45) is 0 Å². The Bertz CT molecular complexity index is 359. The Balaban J connectivity index is 3.17. The molecule has 68 valence electrons. The molecule has 0 aliphatic heterocycles. The fraction of sp³-hybridized carbons (Fsp3) is 0.222. The summed E-state index contributed by atoms with van der Waals surface area (Å²) in [5.41, 5.74) is 0.265. The quantitative estimate of drug-likeness (QED) is 0.801. The van der Waals surface area contributed by atoms with Crippen molar-refractivity contribution in [3.8, 4) is 11.8 Å². The van der Waals surface area contributed by atoms with E-state index in [0.29, 0.717) is 6.61 Å². The predicted octanol–water partition coefficient (Wildman–Crippen LogP) is 2.86. The number of ether oxygens (including phenoxy) is 1. The zero-order chi connectivity index (χ0) is 9.84. The maximum absolute atomic E-state index is 13.3. The van der Waals surface area contributed by atoms with Gasteiger partial charge in [-0.25, -0.2) is 4.39 Å². The normalized spacial score (nSPS) is 9.38. The average molecular weight is 244 g/mol. The highest BCUT2D eigenvalue weighted by Crippen LogP contribution is 2.27. The maximum atomic E-state index is 13.3. The maximum Gasteiger partial charge on any atom is 0.180 e. The van der Waals surface area contributed by atoms with Gasteiger partial charge in [0, 0.05) is 0 Å². The van der Waals surface area contributed by atoms with Crippen LogP contribution in [-0.2, 0) is 0 Å². The van der Waals surface area contributed by atoms with Crippen LogP contribution in [0.25, 0.3) is 0 Å². The molecule has 0 saturated heterocycles. The lowest BCUT2D eigenvalue weighted by atomic mass is 10.2. The van der Waals surface area contributed by atoms with E-state index in [1.54, 1.807) is 6.92 Å². The summed E-state index contributed by atoms with van der Waals surface area (Å²) in [7, 11) is 0. The second-order valence-corrected chi connectivity index (χ2v) is 3.08. The van der Waals surface area contributed by atoms with Gasteiger partial charge in [0.2, 0.25) is 0 Å². The fourth-order valence-electron chi connectivity index (χ4n) is 0.885. The number of nitriles is 1. The summed E-state index contributed by atoms with van der Waals surface area (Å²) in [6, 6.07) is 4.82. The molecule has 0 saturated carbocycles. The Morgan fingerprint density at radius 1 is 1.62 bits per heavy atom. The van der Waals surface area contributed by atoms with Crippen LogP contribution in [0.4, 0.5) is 4.39 Å². The molecule has 0 heterocycles. The Kier molecular flexibility index (Phi) is 3.26. The third-order valence-electron chi connectivity index (χ3n) is 1.47. The van der Waals surface area contributed by atoms with Crippen LogP contribution in [0.3, 0.4) is 0 Å². The third kappa shape index (κ3) is 1.99. The summed E-state index contributed by atoms with van der Waals surface area (Å²) in [5.74, 6) is -0.366. The highest BCUT2D eigenvalue weighted by Gasteiger charge is 2.11. The van der Waals surface area contributed by atoms with E-state index in [0.717, 1.165) is 0 Å². The number of hydrogen-bond acceptors (Lipinski definition) is 2. The van der Waals surface area contributed by atoms with E-state index in [1.807, 2.05) is 6.07 Å². The van der Waals surface area contributed by atoms with Crippen molar-refractivity contribution in [2.75, 3.05) is 6.61 Å². The average Bonchev–Trinajstić information content (AvgIpc) is 2.14. The highest BCUT2D eigenvalue weighted by molar-refractivity contribution is 9.10. The molecule has 0 unspecified atom stereocenters. The molecule has 0 N–H and O–H groups in total. The first-order valence-corrected chi connectivity index (χ1v) is 4.51. The second-order valence-electron chi connectivity index (χ2n) is 2.28. The molecule has 0 fully saturated rings. The SMILES string of the molecule is CCOc1ccc(C#N)c(Br)c1F. The van der Waals surface area contributed by atoms with Crippen molar-refractivity contribution < 1.29 is 9.13 Å². The summed E-state index contributed by atoms with van der Waals surface area (Å²) >= 11 is 2.98. The number of halogens is 2. The molecule has 0 aliphatic rings. The minimum atomic E-state index is -0.527. The van der Waals surface area contributed by atoms with Gasteiger partial charge < -0.3 is 4.74 Å². The summed E-state index contributed by atoms with van der Waals surface area (Å²) < 4.78 is 18.5. The van der Waals surface area contributed by atoms with Gasteiger partial charge in [-0.3, -0.25) is 0 Å². The molecular formula is C9H7BrFNO. The van der Waals surface area contributed by atoms with E-state index in [-0.39, 0.29) is 15.8 Å². The molecule has 13 heavy (non-hydrogen) atoms. The Morgan fingerprint density at radius 3 is 2.85 bits per heavy atom. The van der Waals surface area contributed by atoms with Gasteiger partial charge in [-0.05, 0) is 35.0 Å². The predicted molar refractivity (Wildman–Crippen MR) is 50.0 cm³/mol. The van der Waals surface area contributed by atoms with E-state index in [9.17, 15) is 4.39 Å². The van der Waals surface area contributed by atoms with Crippen LogP contribution in [0.2, 0.25) is 0 Å². The minimum absolute atomic E-state index is 0.154. The number of rotatable bonds is 2. The molecule has 4 heteroatoms. The van der Waals surface area contributed by atoms with Crippen molar-refractivity contribution >= 4 is 15.9 Å². The molecule has 0 aromatic heterocycles. The summed E-state index contributed by atoms with van der Waals surface area (Å²) in [4.78, 5) is 0. The van der Waals surface area contributed by atoms with Crippen LogP contribution in [0.15, 0.2) is 16.6 Å². The van der Waals surface area contributed by atoms with Crippen molar-refractivity contribution in [1.82, 2.24) is 0 Å². The topological polar surface area (TPSA) is 33.0 Å². The fourth-order valence-corrected chi connectivity index (χ4v) is 1.30. The first kappa shape index (κ1) is 10.0. The van der Waals surface area contributed by atoms with Crippen molar-refractivity contribution in [3.63, 3.8) is 0 Å². The van der Waals surface area contributed by atoms with Crippen LogP contribution in [-0.4, -0.2) is 6.61 Å². The van der Waals surface area contributed by atoms with Crippen molar-refractivity contribution in [1.29, 1.82) is 5.26 Å². The minimum Gasteiger partial charge on any atom is -0.491 e. The largest absolute Gasteiger partial charge is 0.491 e. The standard InChI is InChI=1S/C9H7BrFNO/c1-2-13-7-4-3-6(5-12)8(10)9(7)11/h3-4H,2H2,1H3.